The van der Waals surface area contributed by atoms with Crippen LogP contribution in [0.15, 0.2) is 65.1 Å². The van der Waals surface area contributed by atoms with Crippen LogP contribution in [0.4, 0.5) is 11.5 Å². The lowest BCUT2D eigenvalue weighted by Gasteiger charge is -2.06. The maximum Gasteiger partial charge on any atom is 0.311 e. The van der Waals surface area contributed by atoms with Crippen molar-refractivity contribution in [2.75, 3.05) is 5.32 Å². The lowest BCUT2D eigenvalue weighted by atomic mass is 10.2. The number of furan rings is 1. The Balaban J connectivity index is 1.38. The fourth-order valence-corrected chi connectivity index (χ4v) is 3.42. The SMILES string of the molecule is Cc1ccc(OCc2ccc(C(=O)Nc3cc(C)n(Cc4ccc(Cl)cc4)n3)o2)c([N+](=O)[O-])c1. The number of nitrogens with zero attached hydrogens (tertiary/aromatic N) is 3. The molecular formula is C24H21ClN4O5. The lowest BCUT2D eigenvalue weighted by Crippen LogP contribution is -2.12. The minimum atomic E-state index is -0.503. The summed E-state index contributed by atoms with van der Waals surface area (Å²) in [6.45, 7) is 4.12. The second-order valence-corrected chi connectivity index (χ2v) is 8.13. The third-order valence-electron chi connectivity index (χ3n) is 5.03. The van der Waals surface area contributed by atoms with E-state index in [-0.39, 0.29) is 23.8 Å². The van der Waals surface area contributed by atoms with Crippen molar-refractivity contribution >= 4 is 29.0 Å². The van der Waals surface area contributed by atoms with Crippen LogP contribution in [0.1, 0.15) is 33.1 Å². The van der Waals surface area contributed by atoms with E-state index in [9.17, 15) is 14.9 Å². The summed E-state index contributed by atoms with van der Waals surface area (Å²) in [4.78, 5) is 23.3. The Labute approximate surface area is 200 Å². The first-order chi connectivity index (χ1) is 16.3. The number of aryl methyl sites for hydroxylation is 2. The molecule has 1 amide bonds. The van der Waals surface area contributed by atoms with E-state index in [1.807, 2.05) is 31.2 Å². The van der Waals surface area contributed by atoms with Gasteiger partial charge in [-0.05, 0) is 55.3 Å². The lowest BCUT2D eigenvalue weighted by molar-refractivity contribution is -0.386. The number of amides is 1. The van der Waals surface area contributed by atoms with E-state index in [0.717, 1.165) is 16.8 Å². The molecule has 34 heavy (non-hydrogen) atoms. The number of halogens is 1. The van der Waals surface area contributed by atoms with Gasteiger partial charge in [-0.15, -0.1) is 0 Å². The molecule has 0 aliphatic rings. The van der Waals surface area contributed by atoms with Crippen LogP contribution < -0.4 is 10.1 Å². The monoisotopic (exact) mass is 480 g/mol. The van der Waals surface area contributed by atoms with E-state index < -0.39 is 10.8 Å². The summed E-state index contributed by atoms with van der Waals surface area (Å²) in [5.74, 6) is 0.468. The number of hydrogen-bond acceptors (Lipinski definition) is 6. The highest BCUT2D eigenvalue weighted by atomic mass is 35.5. The number of nitro groups is 1. The molecule has 0 fully saturated rings. The number of carbonyl (C=O) groups excluding carboxylic acids is 1. The van der Waals surface area contributed by atoms with Gasteiger partial charge in [-0.2, -0.15) is 5.10 Å². The summed E-state index contributed by atoms with van der Waals surface area (Å²) in [6, 6.07) is 17.0. The first-order valence-electron chi connectivity index (χ1n) is 10.4. The smallest absolute Gasteiger partial charge is 0.311 e. The molecule has 2 heterocycles. The van der Waals surface area contributed by atoms with Crippen molar-refractivity contribution in [3.63, 3.8) is 0 Å². The van der Waals surface area contributed by atoms with Crippen LogP contribution in [0.2, 0.25) is 5.02 Å². The normalized spacial score (nSPS) is 10.8. The van der Waals surface area contributed by atoms with Crippen LogP contribution >= 0.6 is 11.6 Å². The number of aromatic nitrogens is 2. The van der Waals surface area contributed by atoms with Gasteiger partial charge >= 0.3 is 5.69 Å². The molecule has 2 aromatic heterocycles. The molecule has 0 spiro atoms. The molecule has 0 saturated heterocycles. The largest absolute Gasteiger partial charge is 0.479 e. The maximum atomic E-state index is 12.6. The zero-order valence-electron chi connectivity index (χ0n) is 18.4. The number of hydrogen-bond donors (Lipinski definition) is 1. The van der Waals surface area contributed by atoms with Crippen LogP contribution in [0.3, 0.4) is 0 Å². The summed E-state index contributed by atoms with van der Waals surface area (Å²) >= 11 is 5.93. The number of nitro benzene ring substituents is 1. The van der Waals surface area contributed by atoms with Gasteiger partial charge < -0.3 is 14.5 Å². The molecule has 2 aromatic carbocycles. The van der Waals surface area contributed by atoms with E-state index in [1.54, 1.807) is 29.8 Å². The Kier molecular flexibility index (Phi) is 6.65. The number of anilines is 1. The molecule has 0 unspecified atom stereocenters. The van der Waals surface area contributed by atoms with Gasteiger partial charge in [-0.1, -0.05) is 29.8 Å². The van der Waals surface area contributed by atoms with Gasteiger partial charge in [0.1, 0.15) is 12.4 Å². The summed E-state index contributed by atoms with van der Waals surface area (Å²) in [7, 11) is 0. The van der Waals surface area contributed by atoms with Crippen LogP contribution in [0, 0.1) is 24.0 Å². The number of ether oxygens (including phenoxy) is 1. The van der Waals surface area contributed by atoms with Gasteiger partial charge in [0.05, 0.1) is 11.5 Å². The van der Waals surface area contributed by atoms with Crippen molar-refractivity contribution in [2.24, 2.45) is 0 Å². The average Bonchev–Trinajstić information content (AvgIpc) is 3.41. The molecule has 0 aliphatic heterocycles. The molecule has 0 atom stereocenters. The summed E-state index contributed by atoms with van der Waals surface area (Å²) < 4.78 is 12.9. The quantitative estimate of drug-likeness (QED) is 0.262. The fraction of sp³-hybridized carbons (Fsp3) is 0.167. The summed E-state index contributed by atoms with van der Waals surface area (Å²) in [6.07, 6.45) is 0. The van der Waals surface area contributed by atoms with Crippen LogP contribution in [0.25, 0.3) is 0 Å². The van der Waals surface area contributed by atoms with Crippen molar-refractivity contribution in [2.45, 2.75) is 27.0 Å². The Morgan fingerprint density at radius 2 is 1.91 bits per heavy atom. The van der Waals surface area contributed by atoms with Gasteiger partial charge in [0.25, 0.3) is 5.91 Å². The second-order valence-electron chi connectivity index (χ2n) is 7.69. The number of nitrogens with one attached hydrogen (secondary N) is 1. The third-order valence-corrected chi connectivity index (χ3v) is 5.29. The van der Waals surface area contributed by atoms with Crippen molar-refractivity contribution in [3.8, 4) is 5.75 Å². The Hall–Kier alpha value is -4.11. The van der Waals surface area contributed by atoms with Crippen molar-refractivity contribution in [1.82, 2.24) is 9.78 Å². The number of benzene rings is 2. The van der Waals surface area contributed by atoms with E-state index >= 15 is 0 Å². The Morgan fingerprint density at radius 3 is 2.65 bits per heavy atom. The van der Waals surface area contributed by atoms with Gasteiger partial charge in [-0.3, -0.25) is 19.6 Å². The molecule has 174 valence electrons. The molecule has 0 aliphatic carbocycles. The van der Waals surface area contributed by atoms with E-state index in [0.29, 0.717) is 23.1 Å². The van der Waals surface area contributed by atoms with Gasteiger partial charge in [0.2, 0.25) is 0 Å². The molecule has 4 aromatic rings. The van der Waals surface area contributed by atoms with Crippen LogP contribution in [0.5, 0.6) is 5.75 Å². The highest BCUT2D eigenvalue weighted by molar-refractivity contribution is 6.30. The van der Waals surface area contributed by atoms with Crippen molar-refractivity contribution in [3.05, 3.63) is 104 Å². The van der Waals surface area contributed by atoms with Crippen molar-refractivity contribution in [1.29, 1.82) is 0 Å². The highest BCUT2D eigenvalue weighted by Gasteiger charge is 2.17. The zero-order valence-corrected chi connectivity index (χ0v) is 19.2. The van der Waals surface area contributed by atoms with E-state index in [1.165, 1.54) is 18.2 Å². The first-order valence-corrected chi connectivity index (χ1v) is 10.7. The van der Waals surface area contributed by atoms with Crippen molar-refractivity contribution < 1.29 is 18.9 Å². The minimum Gasteiger partial charge on any atom is -0.479 e. The third kappa shape index (κ3) is 5.44. The zero-order chi connectivity index (χ0) is 24.2. The number of carbonyl (C=O) groups is 1. The highest BCUT2D eigenvalue weighted by Crippen LogP contribution is 2.28. The minimum absolute atomic E-state index is 0.0635. The molecule has 0 saturated carbocycles. The van der Waals surface area contributed by atoms with E-state index in [4.69, 9.17) is 20.8 Å². The molecule has 0 radical (unpaired) electrons. The van der Waals surface area contributed by atoms with Gasteiger partial charge in [0.15, 0.2) is 17.3 Å². The molecule has 10 heteroatoms. The fourth-order valence-electron chi connectivity index (χ4n) is 3.29. The first kappa shape index (κ1) is 23.1. The predicted molar refractivity (Wildman–Crippen MR) is 126 cm³/mol. The molecular weight excluding hydrogens is 460 g/mol. The standard InChI is InChI=1S/C24H21ClN4O5/c1-15-3-9-21(20(11-15)29(31)32)33-14-19-8-10-22(34-19)24(30)26-23-12-16(2)28(27-23)13-17-4-6-18(25)7-5-17/h3-12H,13-14H2,1-2H3,(H,26,27,30). The second kappa shape index (κ2) is 9.80. The molecule has 1 N–H and O–H groups in total. The summed E-state index contributed by atoms with van der Waals surface area (Å²) in [5, 5.41) is 19.0. The number of rotatable bonds is 8. The summed E-state index contributed by atoms with van der Waals surface area (Å²) in [5.41, 5.74) is 2.52. The topological polar surface area (TPSA) is 112 Å². The Bertz CT molecular complexity index is 1340. The van der Waals surface area contributed by atoms with E-state index in [2.05, 4.69) is 10.4 Å². The van der Waals surface area contributed by atoms with Gasteiger partial charge in [0, 0.05) is 22.8 Å². The maximum absolute atomic E-state index is 12.6. The molecule has 0 bridgehead atoms. The predicted octanol–water partition coefficient (Wildman–Crippen LogP) is 5.53. The molecule has 4 rings (SSSR count). The Morgan fingerprint density at radius 1 is 1.15 bits per heavy atom. The average molecular weight is 481 g/mol. The molecule has 9 nitrogen and oxygen atoms in total. The van der Waals surface area contributed by atoms with Gasteiger partial charge in [-0.25, -0.2) is 0 Å². The van der Waals surface area contributed by atoms with Crippen LogP contribution in [-0.4, -0.2) is 20.6 Å². The van der Waals surface area contributed by atoms with Crippen LogP contribution in [-0.2, 0) is 13.2 Å².